The second-order valence-corrected chi connectivity index (χ2v) is 2.98. The van der Waals surface area contributed by atoms with Crippen molar-refractivity contribution in [2.45, 2.75) is 6.42 Å². The summed E-state index contributed by atoms with van der Waals surface area (Å²) in [5, 5.41) is 0. The summed E-state index contributed by atoms with van der Waals surface area (Å²) >= 11 is 0. The molecule has 1 fully saturated rings. The van der Waals surface area contributed by atoms with E-state index in [0.717, 1.165) is 11.3 Å². The lowest BCUT2D eigenvalue weighted by atomic mass is 10.3. The molecule has 0 bridgehead atoms. The van der Waals surface area contributed by atoms with Crippen molar-refractivity contribution in [3.63, 3.8) is 0 Å². The first-order valence-electron chi connectivity index (χ1n) is 3.55. The van der Waals surface area contributed by atoms with Gasteiger partial charge in [-0.05, 0) is 0 Å². The first-order chi connectivity index (χ1) is 5.21. The van der Waals surface area contributed by atoms with Crippen molar-refractivity contribution < 1.29 is 26.7 Å². The summed E-state index contributed by atoms with van der Waals surface area (Å²) < 4.78 is 39.8. The van der Waals surface area contributed by atoms with Crippen LogP contribution in [-0.4, -0.2) is 39.1 Å². The molecular weight excluding hydrogens is 177 g/mol. The number of hydrogen-bond donors (Lipinski definition) is 0. The number of rotatable bonds is 0. The molecule has 1 rings (SSSR count). The molecule has 0 aromatic rings. The Kier molecular flexibility index (Phi) is 3.99. The predicted octanol–water partition coefficient (Wildman–Crippen LogP) is 1.70. The molecule has 12 heavy (non-hydrogen) atoms. The summed E-state index contributed by atoms with van der Waals surface area (Å²) in [5.74, 6) is 0. The normalized spacial score (nSPS) is 21.5. The summed E-state index contributed by atoms with van der Waals surface area (Å²) in [7, 11) is -1.85. The zero-order chi connectivity index (χ0) is 9.83. The second kappa shape index (κ2) is 4.09. The van der Waals surface area contributed by atoms with Crippen LogP contribution in [0.1, 0.15) is 6.42 Å². The molecule has 0 N–H and O–H groups in total. The van der Waals surface area contributed by atoms with E-state index in [1.165, 1.54) is 13.0 Å². The third-order valence-corrected chi connectivity index (χ3v) is 1.28. The third kappa shape index (κ3) is 9.70. The van der Waals surface area contributed by atoms with Gasteiger partial charge in [0.15, 0.2) is 0 Å². The van der Waals surface area contributed by atoms with Gasteiger partial charge in [-0.25, -0.2) is 4.84 Å². The van der Waals surface area contributed by atoms with Gasteiger partial charge in [0.1, 0.15) is 13.2 Å². The fraction of sp³-hybridized carbons (Fsp3) is 1.00. The molecule has 1 aliphatic heterocycles. The van der Waals surface area contributed by atoms with Crippen molar-refractivity contribution >= 4 is 7.25 Å². The van der Waals surface area contributed by atoms with Crippen LogP contribution in [0.25, 0.3) is 0 Å². The van der Waals surface area contributed by atoms with E-state index in [0.29, 0.717) is 0 Å². The van der Waals surface area contributed by atoms with Crippen molar-refractivity contribution in [3.8, 4) is 0 Å². The fourth-order valence-electron chi connectivity index (χ4n) is 0.822. The molecule has 1 aliphatic rings. The van der Waals surface area contributed by atoms with Gasteiger partial charge in [0.05, 0.1) is 14.1 Å². The van der Waals surface area contributed by atoms with Crippen LogP contribution in [-0.2, 0) is 4.84 Å². The van der Waals surface area contributed by atoms with Gasteiger partial charge in [-0.15, -0.1) is 0 Å². The molecule has 1 heterocycles. The Hall–Kier alpha value is -0.295. The van der Waals surface area contributed by atoms with E-state index >= 15 is 0 Å². The smallest absolute Gasteiger partial charge is 0.418 e. The summed E-state index contributed by atoms with van der Waals surface area (Å²) in [6.07, 6.45) is 1.22. The molecule has 0 aromatic carbocycles. The van der Waals surface area contributed by atoms with Crippen LogP contribution < -0.4 is 0 Å². The SMILES string of the molecule is C[N+]1(C)CCCO1.F[B-](F)(F)F. The minimum absolute atomic E-state index is 0.750. The minimum Gasteiger partial charge on any atom is -0.418 e. The number of quaternary nitrogens is 1. The number of hydroxylamine groups is 3. The Morgan fingerprint density at radius 1 is 1.17 bits per heavy atom. The molecule has 0 aliphatic carbocycles. The third-order valence-electron chi connectivity index (χ3n) is 1.28. The highest BCUT2D eigenvalue weighted by Crippen LogP contribution is 2.08. The average molecular weight is 189 g/mol. The molecule has 2 nitrogen and oxygen atoms in total. The van der Waals surface area contributed by atoms with E-state index in [9.17, 15) is 17.3 Å². The number of hydrogen-bond acceptors (Lipinski definition) is 1. The van der Waals surface area contributed by atoms with Gasteiger partial charge in [-0.2, -0.15) is 4.65 Å². The highest BCUT2D eigenvalue weighted by molar-refractivity contribution is 6.50. The summed E-state index contributed by atoms with van der Waals surface area (Å²) in [4.78, 5) is 5.28. The average Bonchev–Trinajstić information content (AvgIpc) is 2.08. The van der Waals surface area contributed by atoms with Gasteiger partial charge in [0.2, 0.25) is 0 Å². The molecule has 1 saturated heterocycles. The quantitative estimate of drug-likeness (QED) is 0.320. The minimum atomic E-state index is -6.00. The zero-order valence-corrected chi connectivity index (χ0v) is 7.07. The van der Waals surface area contributed by atoms with Gasteiger partial charge < -0.3 is 17.3 Å². The van der Waals surface area contributed by atoms with Crippen LogP contribution in [0.3, 0.4) is 0 Å². The van der Waals surface area contributed by atoms with Gasteiger partial charge >= 0.3 is 7.25 Å². The second-order valence-electron chi connectivity index (χ2n) is 2.98. The van der Waals surface area contributed by atoms with Crippen molar-refractivity contribution in [1.82, 2.24) is 0 Å². The van der Waals surface area contributed by atoms with Gasteiger partial charge in [-0.1, -0.05) is 0 Å². The molecule has 0 amide bonds. The molecule has 0 spiro atoms. The Bertz CT molecular complexity index is 124. The van der Waals surface area contributed by atoms with Crippen molar-refractivity contribution in [2.75, 3.05) is 27.2 Å². The Morgan fingerprint density at radius 2 is 1.58 bits per heavy atom. The summed E-state index contributed by atoms with van der Waals surface area (Å²) in [6.45, 7) is 2.10. The first kappa shape index (κ1) is 11.7. The monoisotopic (exact) mass is 189 g/mol. The van der Waals surface area contributed by atoms with Crippen LogP contribution in [0, 0.1) is 0 Å². The molecule has 74 valence electrons. The Labute approximate surface area is 68.8 Å². The Morgan fingerprint density at radius 3 is 1.67 bits per heavy atom. The lowest BCUT2D eigenvalue weighted by Gasteiger charge is -2.17. The van der Waals surface area contributed by atoms with Crippen molar-refractivity contribution in [1.29, 1.82) is 0 Å². The van der Waals surface area contributed by atoms with Crippen LogP contribution in [0.15, 0.2) is 0 Å². The number of halogens is 4. The van der Waals surface area contributed by atoms with E-state index in [4.69, 9.17) is 4.84 Å². The maximum atomic E-state index is 9.75. The standard InChI is InChI=1S/C5H12NO.BF4/c1-6(2)4-3-5-7-6;2-1(3,4)5/h3-5H2,1-2H3;/q+1;-1. The van der Waals surface area contributed by atoms with E-state index in [-0.39, 0.29) is 0 Å². The van der Waals surface area contributed by atoms with E-state index in [2.05, 4.69) is 14.1 Å². The van der Waals surface area contributed by atoms with Crippen LogP contribution in [0.5, 0.6) is 0 Å². The molecule has 0 saturated carbocycles. The van der Waals surface area contributed by atoms with Gasteiger partial charge in [-0.3, -0.25) is 0 Å². The highest BCUT2D eigenvalue weighted by Gasteiger charge is 2.22. The first-order valence-corrected chi connectivity index (χ1v) is 3.55. The summed E-state index contributed by atoms with van der Waals surface area (Å²) in [6, 6.07) is 0. The van der Waals surface area contributed by atoms with Crippen LogP contribution in [0.2, 0.25) is 0 Å². The molecular formula is C5H12BF4NO. The molecule has 0 aromatic heterocycles. The van der Waals surface area contributed by atoms with Crippen LogP contribution in [0.4, 0.5) is 17.3 Å². The van der Waals surface area contributed by atoms with Crippen molar-refractivity contribution in [2.24, 2.45) is 0 Å². The topological polar surface area (TPSA) is 9.23 Å². The number of nitrogens with zero attached hydrogens (tertiary/aromatic N) is 1. The van der Waals surface area contributed by atoms with E-state index < -0.39 is 7.25 Å². The Balaban J connectivity index is 0.000000217. The maximum absolute atomic E-state index is 9.75. The van der Waals surface area contributed by atoms with E-state index in [1.54, 1.807) is 0 Å². The molecule has 0 unspecified atom stereocenters. The molecule has 7 heteroatoms. The highest BCUT2D eigenvalue weighted by atomic mass is 19.5. The van der Waals surface area contributed by atoms with Crippen molar-refractivity contribution in [3.05, 3.63) is 0 Å². The lowest BCUT2D eigenvalue weighted by Crippen LogP contribution is -2.33. The summed E-state index contributed by atoms with van der Waals surface area (Å²) in [5.41, 5.74) is 0. The van der Waals surface area contributed by atoms with E-state index in [1.807, 2.05) is 0 Å². The molecule has 0 radical (unpaired) electrons. The van der Waals surface area contributed by atoms with Gasteiger partial charge in [0.25, 0.3) is 0 Å². The predicted molar refractivity (Wildman–Crippen MR) is 37.7 cm³/mol. The zero-order valence-electron chi connectivity index (χ0n) is 7.07. The maximum Gasteiger partial charge on any atom is 0.673 e. The van der Waals surface area contributed by atoms with Crippen LogP contribution >= 0.6 is 0 Å². The van der Waals surface area contributed by atoms with Gasteiger partial charge in [0, 0.05) is 6.42 Å². The lowest BCUT2D eigenvalue weighted by molar-refractivity contribution is -1.06. The fourth-order valence-corrected chi connectivity index (χ4v) is 0.822. The largest absolute Gasteiger partial charge is 0.673 e. The molecule has 0 atom stereocenters.